The van der Waals surface area contributed by atoms with Crippen LogP contribution in [0.1, 0.15) is 13.3 Å². The van der Waals surface area contributed by atoms with Gasteiger partial charge < -0.3 is 0 Å². The van der Waals surface area contributed by atoms with Crippen LogP contribution in [0.25, 0.3) is 0 Å². The van der Waals surface area contributed by atoms with E-state index >= 15 is 0 Å². The highest BCUT2D eigenvalue weighted by atomic mass is 35.5. The predicted molar refractivity (Wildman–Crippen MR) is 57.6 cm³/mol. The predicted octanol–water partition coefficient (Wildman–Crippen LogP) is 0.742. The maximum Gasteiger partial charge on any atom is 0.281 e. The third-order valence-electron chi connectivity index (χ3n) is 2.75. The summed E-state index contributed by atoms with van der Waals surface area (Å²) in [5.41, 5.74) is 0. The van der Waals surface area contributed by atoms with Gasteiger partial charge in [-0.2, -0.15) is 17.0 Å². The van der Waals surface area contributed by atoms with Gasteiger partial charge in [-0.1, -0.05) is 6.92 Å². The largest absolute Gasteiger partial charge is 0.281 e. The Morgan fingerprint density at radius 2 is 2.07 bits per heavy atom. The minimum Gasteiger partial charge on any atom is -0.195 e. The zero-order valence-corrected chi connectivity index (χ0v) is 10.3. The van der Waals surface area contributed by atoms with E-state index in [1.165, 1.54) is 8.61 Å². The fraction of sp³-hybridized carbons (Fsp3) is 1.00. The quantitative estimate of drug-likeness (QED) is 0.683. The molecule has 1 saturated heterocycles. The Hall–Kier alpha value is 0.160. The van der Waals surface area contributed by atoms with Crippen LogP contribution in [-0.4, -0.2) is 49.6 Å². The molecule has 4 nitrogen and oxygen atoms in total. The van der Waals surface area contributed by atoms with Gasteiger partial charge in [-0.25, -0.2) is 0 Å². The summed E-state index contributed by atoms with van der Waals surface area (Å²) in [4.78, 5) is 0. The van der Waals surface area contributed by atoms with E-state index in [4.69, 9.17) is 11.6 Å². The molecule has 0 aromatic rings. The van der Waals surface area contributed by atoms with E-state index in [0.717, 1.165) is 6.42 Å². The van der Waals surface area contributed by atoms with Crippen molar-refractivity contribution in [1.82, 2.24) is 8.61 Å². The Morgan fingerprint density at radius 3 is 2.50 bits per heavy atom. The maximum atomic E-state index is 11.8. The molecule has 0 saturated carbocycles. The van der Waals surface area contributed by atoms with E-state index in [0.29, 0.717) is 18.3 Å². The third kappa shape index (κ3) is 2.05. The SMILES string of the molecule is CC1CCN(S(=O)(=O)N(C)C)C1CCl. The molecule has 0 N–H and O–H groups in total. The van der Waals surface area contributed by atoms with Crippen molar-refractivity contribution < 1.29 is 8.42 Å². The number of rotatable bonds is 3. The summed E-state index contributed by atoms with van der Waals surface area (Å²) in [5.74, 6) is 0.719. The van der Waals surface area contributed by atoms with Gasteiger partial charge >= 0.3 is 0 Å². The Bertz CT molecular complexity index is 292. The van der Waals surface area contributed by atoms with Crippen molar-refractivity contribution in [3.05, 3.63) is 0 Å². The molecular formula is C8H17ClN2O2S. The maximum absolute atomic E-state index is 11.8. The highest BCUT2D eigenvalue weighted by Crippen LogP contribution is 2.28. The summed E-state index contributed by atoms with van der Waals surface area (Å²) < 4.78 is 26.4. The molecule has 0 spiro atoms. The second kappa shape index (κ2) is 4.35. The second-order valence-corrected chi connectivity index (χ2v) is 6.29. The zero-order valence-electron chi connectivity index (χ0n) is 8.77. The molecule has 0 radical (unpaired) electrons. The molecule has 0 bridgehead atoms. The van der Waals surface area contributed by atoms with Crippen LogP contribution in [-0.2, 0) is 10.2 Å². The first-order chi connectivity index (χ1) is 6.41. The summed E-state index contributed by atoms with van der Waals surface area (Å²) in [5, 5.41) is 0. The lowest BCUT2D eigenvalue weighted by molar-refractivity contribution is 0.348. The zero-order chi connectivity index (χ0) is 10.9. The topological polar surface area (TPSA) is 40.6 Å². The Kier molecular flexibility index (Phi) is 3.80. The van der Waals surface area contributed by atoms with E-state index in [9.17, 15) is 8.42 Å². The normalized spacial score (nSPS) is 30.1. The first kappa shape index (κ1) is 12.2. The fourth-order valence-corrected chi connectivity index (χ4v) is 3.63. The number of alkyl halides is 1. The van der Waals surface area contributed by atoms with Crippen LogP contribution in [0.3, 0.4) is 0 Å². The number of hydrogen-bond acceptors (Lipinski definition) is 2. The first-order valence-electron chi connectivity index (χ1n) is 4.66. The molecule has 0 amide bonds. The van der Waals surface area contributed by atoms with Crippen molar-refractivity contribution in [1.29, 1.82) is 0 Å². The van der Waals surface area contributed by atoms with Gasteiger partial charge in [0.1, 0.15) is 0 Å². The van der Waals surface area contributed by atoms with Crippen LogP contribution < -0.4 is 0 Å². The van der Waals surface area contributed by atoms with Gasteiger partial charge in [-0.05, 0) is 12.3 Å². The Morgan fingerprint density at radius 1 is 1.50 bits per heavy atom. The standard InChI is InChI=1S/C8H17ClN2O2S/c1-7-4-5-11(8(7)6-9)14(12,13)10(2)3/h7-8H,4-6H2,1-3H3. The first-order valence-corrected chi connectivity index (χ1v) is 6.59. The van der Waals surface area contributed by atoms with Crippen LogP contribution in [0.2, 0.25) is 0 Å². The minimum absolute atomic E-state index is 0.0518. The van der Waals surface area contributed by atoms with E-state index in [1.54, 1.807) is 14.1 Å². The molecule has 6 heteroatoms. The van der Waals surface area contributed by atoms with Crippen molar-refractivity contribution >= 4 is 21.8 Å². The highest BCUT2D eigenvalue weighted by molar-refractivity contribution is 7.86. The highest BCUT2D eigenvalue weighted by Gasteiger charge is 2.39. The van der Waals surface area contributed by atoms with Gasteiger partial charge in [0.05, 0.1) is 0 Å². The van der Waals surface area contributed by atoms with Gasteiger partial charge in [-0.3, -0.25) is 0 Å². The van der Waals surface area contributed by atoms with Crippen LogP contribution in [0.15, 0.2) is 0 Å². The lowest BCUT2D eigenvalue weighted by Crippen LogP contribution is -2.44. The molecule has 1 rings (SSSR count). The van der Waals surface area contributed by atoms with Crippen LogP contribution in [0.5, 0.6) is 0 Å². The monoisotopic (exact) mass is 240 g/mol. The average molecular weight is 241 g/mol. The number of nitrogens with zero attached hydrogens (tertiary/aromatic N) is 2. The lowest BCUT2D eigenvalue weighted by Gasteiger charge is -2.27. The van der Waals surface area contributed by atoms with E-state index in [2.05, 4.69) is 0 Å². The fourth-order valence-electron chi connectivity index (χ4n) is 1.70. The molecule has 1 aliphatic heterocycles. The summed E-state index contributed by atoms with van der Waals surface area (Å²) in [6, 6.07) is -0.0518. The van der Waals surface area contributed by atoms with Crippen molar-refractivity contribution in [3.8, 4) is 0 Å². The lowest BCUT2D eigenvalue weighted by atomic mass is 10.1. The Labute approximate surface area is 91.0 Å². The second-order valence-electron chi connectivity index (χ2n) is 3.89. The molecule has 0 aliphatic carbocycles. The van der Waals surface area contributed by atoms with Gasteiger partial charge in [0.15, 0.2) is 0 Å². The smallest absolute Gasteiger partial charge is 0.195 e. The summed E-state index contributed by atoms with van der Waals surface area (Å²) in [7, 11) is -0.198. The summed E-state index contributed by atoms with van der Waals surface area (Å²) >= 11 is 5.78. The van der Waals surface area contributed by atoms with Crippen LogP contribution in [0, 0.1) is 5.92 Å². The number of hydrogen-bond donors (Lipinski definition) is 0. The summed E-state index contributed by atoms with van der Waals surface area (Å²) in [6.07, 6.45) is 0.893. The molecule has 1 fully saturated rings. The van der Waals surface area contributed by atoms with Crippen LogP contribution in [0.4, 0.5) is 0 Å². The minimum atomic E-state index is -3.29. The van der Waals surface area contributed by atoms with Crippen molar-refractivity contribution in [3.63, 3.8) is 0 Å². The molecule has 0 aromatic heterocycles. The van der Waals surface area contributed by atoms with Gasteiger partial charge in [0.2, 0.25) is 0 Å². The molecule has 84 valence electrons. The van der Waals surface area contributed by atoms with Crippen molar-refractivity contribution in [2.75, 3.05) is 26.5 Å². The van der Waals surface area contributed by atoms with Gasteiger partial charge in [-0.15, -0.1) is 11.6 Å². The average Bonchev–Trinajstić information content (AvgIpc) is 2.46. The van der Waals surface area contributed by atoms with Gasteiger partial charge in [0, 0.05) is 32.6 Å². The molecule has 2 unspecified atom stereocenters. The van der Waals surface area contributed by atoms with E-state index in [1.807, 2.05) is 6.92 Å². The number of halogens is 1. The van der Waals surface area contributed by atoms with Crippen molar-refractivity contribution in [2.45, 2.75) is 19.4 Å². The Balaban J connectivity index is 2.89. The molecule has 1 aliphatic rings. The molecule has 14 heavy (non-hydrogen) atoms. The molecule has 2 atom stereocenters. The van der Waals surface area contributed by atoms with Crippen molar-refractivity contribution in [2.24, 2.45) is 5.92 Å². The van der Waals surface area contributed by atoms with Crippen LogP contribution >= 0.6 is 11.6 Å². The van der Waals surface area contributed by atoms with E-state index < -0.39 is 10.2 Å². The van der Waals surface area contributed by atoms with Gasteiger partial charge in [0.25, 0.3) is 10.2 Å². The molecular weight excluding hydrogens is 224 g/mol. The third-order valence-corrected chi connectivity index (χ3v) is 5.03. The molecule has 0 aromatic carbocycles. The molecule has 1 heterocycles. The van der Waals surface area contributed by atoms with E-state index in [-0.39, 0.29) is 6.04 Å². The summed E-state index contributed by atoms with van der Waals surface area (Å²) in [6.45, 7) is 2.62.